The molecule has 0 spiro atoms. The van der Waals surface area contributed by atoms with E-state index in [2.05, 4.69) is 24.5 Å². The maximum absolute atomic E-state index is 11.9. The second-order valence-electron chi connectivity index (χ2n) is 6.88. The number of benzene rings is 2. The molecule has 26 heavy (non-hydrogen) atoms. The summed E-state index contributed by atoms with van der Waals surface area (Å²) in [5, 5.41) is 16.1. The highest BCUT2D eigenvalue weighted by Gasteiger charge is 2.70. The fourth-order valence-corrected chi connectivity index (χ4v) is 3.95. The van der Waals surface area contributed by atoms with E-state index < -0.39 is 11.3 Å². The lowest BCUT2D eigenvalue weighted by atomic mass is 9.84. The van der Waals surface area contributed by atoms with Gasteiger partial charge in [0.25, 0.3) is 0 Å². The Labute approximate surface area is 152 Å². The summed E-state index contributed by atoms with van der Waals surface area (Å²) in [4.78, 5) is 10.3. The number of nitrogens with one attached hydrogen (secondary N) is 1. The van der Waals surface area contributed by atoms with Gasteiger partial charge >= 0.3 is 0 Å². The number of aliphatic hydroxyl groups is 1. The predicted octanol–water partition coefficient (Wildman–Crippen LogP) is 2.76. The summed E-state index contributed by atoms with van der Waals surface area (Å²) in [5.41, 5.74) is 3.58. The van der Waals surface area contributed by atoms with E-state index in [1.165, 1.54) is 14.2 Å². The summed E-state index contributed by atoms with van der Waals surface area (Å²) >= 11 is 0. The SMILES string of the molecule is CON=C1c2ccccc2C2(NOC)Oc3cc(C(C)C)ccc3C12O. The highest BCUT2D eigenvalue weighted by atomic mass is 16.7. The normalized spacial score (nSPS) is 27.2. The van der Waals surface area contributed by atoms with Crippen molar-refractivity contribution in [3.05, 3.63) is 64.7 Å². The molecule has 1 heterocycles. The van der Waals surface area contributed by atoms with E-state index in [1.54, 1.807) is 0 Å². The average molecular weight is 354 g/mol. The lowest BCUT2D eigenvalue weighted by Crippen LogP contribution is -2.57. The van der Waals surface area contributed by atoms with Crippen molar-refractivity contribution in [1.82, 2.24) is 5.48 Å². The van der Waals surface area contributed by atoms with Crippen LogP contribution in [-0.4, -0.2) is 25.0 Å². The molecule has 136 valence electrons. The highest BCUT2D eigenvalue weighted by Crippen LogP contribution is 2.58. The quantitative estimate of drug-likeness (QED) is 0.826. The Morgan fingerprint density at radius 3 is 2.58 bits per heavy atom. The van der Waals surface area contributed by atoms with E-state index in [-0.39, 0.29) is 0 Å². The van der Waals surface area contributed by atoms with Crippen LogP contribution in [-0.2, 0) is 21.0 Å². The van der Waals surface area contributed by atoms with Crippen LogP contribution in [0.4, 0.5) is 0 Å². The summed E-state index contributed by atoms with van der Waals surface area (Å²) < 4.78 is 6.33. The molecule has 0 aromatic heterocycles. The van der Waals surface area contributed by atoms with E-state index in [1.807, 2.05) is 42.5 Å². The van der Waals surface area contributed by atoms with Crippen molar-refractivity contribution in [2.45, 2.75) is 31.1 Å². The van der Waals surface area contributed by atoms with Crippen LogP contribution in [0, 0.1) is 0 Å². The Balaban J connectivity index is 2.02. The third kappa shape index (κ3) is 1.95. The van der Waals surface area contributed by atoms with E-state index >= 15 is 0 Å². The smallest absolute Gasteiger partial charge is 0.248 e. The van der Waals surface area contributed by atoms with Gasteiger partial charge in [-0.15, -0.1) is 0 Å². The van der Waals surface area contributed by atoms with Gasteiger partial charge in [-0.2, -0.15) is 5.48 Å². The Hall–Kier alpha value is -2.41. The topological polar surface area (TPSA) is 72.3 Å². The predicted molar refractivity (Wildman–Crippen MR) is 96.9 cm³/mol. The standard InChI is InChI=1S/C20H22N2O4/c1-12(2)13-9-10-16-17(11-13)26-20(22-25-4)15-8-6-5-7-14(15)18(21-24-3)19(16,20)23/h5-12,22-23H,1-4H3. The maximum Gasteiger partial charge on any atom is 0.248 e. The molecule has 4 rings (SSSR count). The molecular weight excluding hydrogens is 332 g/mol. The number of fused-ring (bicyclic) bond motifs is 5. The second kappa shape index (κ2) is 5.81. The molecular formula is C20H22N2O4. The van der Waals surface area contributed by atoms with Crippen molar-refractivity contribution in [1.29, 1.82) is 0 Å². The maximum atomic E-state index is 11.9. The van der Waals surface area contributed by atoms with Crippen LogP contribution in [0.5, 0.6) is 5.75 Å². The molecule has 2 aliphatic rings. The van der Waals surface area contributed by atoms with E-state index in [9.17, 15) is 5.11 Å². The third-order valence-electron chi connectivity index (χ3n) is 5.17. The van der Waals surface area contributed by atoms with Crippen LogP contribution < -0.4 is 10.2 Å². The van der Waals surface area contributed by atoms with Gasteiger partial charge in [-0.1, -0.05) is 55.4 Å². The van der Waals surface area contributed by atoms with Crippen LogP contribution in [0.1, 0.15) is 42.0 Å². The Kier molecular flexibility index (Phi) is 3.80. The third-order valence-corrected chi connectivity index (χ3v) is 5.17. The van der Waals surface area contributed by atoms with Crippen molar-refractivity contribution >= 4 is 5.71 Å². The molecule has 1 aliphatic carbocycles. The molecule has 2 unspecified atom stereocenters. The second-order valence-corrected chi connectivity index (χ2v) is 6.88. The minimum Gasteiger partial charge on any atom is -0.462 e. The van der Waals surface area contributed by atoms with Gasteiger partial charge < -0.3 is 19.5 Å². The van der Waals surface area contributed by atoms with Crippen molar-refractivity contribution < 1.29 is 19.5 Å². The fraction of sp³-hybridized carbons (Fsp3) is 0.350. The number of hydroxylamine groups is 1. The first-order valence-corrected chi connectivity index (χ1v) is 8.57. The first-order chi connectivity index (χ1) is 12.5. The van der Waals surface area contributed by atoms with E-state index in [0.717, 1.165) is 16.7 Å². The highest BCUT2D eigenvalue weighted by molar-refractivity contribution is 6.13. The zero-order valence-corrected chi connectivity index (χ0v) is 15.2. The van der Waals surface area contributed by atoms with Gasteiger partial charge in [0.1, 0.15) is 18.6 Å². The monoisotopic (exact) mass is 354 g/mol. The molecule has 2 atom stereocenters. The minimum atomic E-state index is -1.59. The number of rotatable bonds is 4. The fourth-order valence-electron chi connectivity index (χ4n) is 3.95. The molecule has 0 fully saturated rings. The lowest BCUT2D eigenvalue weighted by Gasteiger charge is -2.35. The van der Waals surface area contributed by atoms with Gasteiger partial charge in [0.2, 0.25) is 5.72 Å². The van der Waals surface area contributed by atoms with Gasteiger partial charge in [-0.3, -0.25) is 0 Å². The molecule has 2 aromatic carbocycles. The average Bonchev–Trinajstić information content (AvgIpc) is 2.99. The van der Waals surface area contributed by atoms with Gasteiger partial charge in [-0.25, -0.2) is 0 Å². The van der Waals surface area contributed by atoms with Gasteiger partial charge in [-0.05, 0) is 17.5 Å². The van der Waals surface area contributed by atoms with Crippen molar-refractivity contribution in [2.24, 2.45) is 5.16 Å². The Morgan fingerprint density at radius 2 is 1.88 bits per heavy atom. The lowest BCUT2D eigenvalue weighted by molar-refractivity contribution is -0.168. The summed E-state index contributed by atoms with van der Waals surface area (Å²) in [5.74, 6) is 0.936. The van der Waals surface area contributed by atoms with Crippen LogP contribution in [0.3, 0.4) is 0 Å². The molecule has 1 aliphatic heterocycles. The molecule has 0 saturated carbocycles. The Bertz CT molecular complexity index is 895. The van der Waals surface area contributed by atoms with Crippen molar-refractivity contribution in [2.75, 3.05) is 14.2 Å². The minimum absolute atomic E-state index is 0.338. The first kappa shape index (κ1) is 17.0. The number of nitrogens with zero attached hydrogens (tertiary/aromatic N) is 1. The molecule has 0 radical (unpaired) electrons. The van der Waals surface area contributed by atoms with Crippen LogP contribution in [0.2, 0.25) is 0 Å². The van der Waals surface area contributed by atoms with Crippen LogP contribution >= 0.6 is 0 Å². The van der Waals surface area contributed by atoms with Crippen LogP contribution in [0.25, 0.3) is 0 Å². The molecule has 0 saturated heterocycles. The molecule has 2 N–H and O–H groups in total. The van der Waals surface area contributed by atoms with Crippen molar-refractivity contribution in [3.8, 4) is 5.75 Å². The number of hydrogen-bond donors (Lipinski definition) is 2. The van der Waals surface area contributed by atoms with E-state index in [4.69, 9.17) is 14.4 Å². The number of hydrogen-bond acceptors (Lipinski definition) is 6. The van der Waals surface area contributed by atoms with Crippen LogP contribution in [0.15, 0.2) is 47.6 Å². The molecule has 0 amide bonds. The zero-order valence-electron chi connectivity index (χ0n) is 15.2. The van der Waals surface area contributed by atoms with E-state index in [0.29, 0.717) is 22.9 Å². The molecule has 2 aromatic rings. The summed E-state index contributed by atoms with van der Waals surface area (Å²) in [6.45, 7) is 4.23. The number of oxime groups is 1. The van der Waals surface area contributed by atoms with Gasteiger partial charge in [0.05, 0.1) is 7.11 Å². The first-order valence-electron chi connectivity index (χ1n) is 8.57. The molecule has 6 heteroatoms. The summed E-state index contributed by atoms with van der Waals surface area (Å²) in [7, 11) is 2.95. The molecule has 6 nitrogen and oxygen atoms in total. The van der Waals surface area contributed by atoms with Gasteiger partial charge in [0, 0.05) is 16.7 Å². The largest absolute Gasteiger partial charge is 0.462 e. The van der Waals surface area contributed by atoms with Crippen molar-refractivity contribution in [3.63, 3.8) is 0 Å². The number of ether oxygens (including phenoxy) is 1. The van der Waals surface area contributed by atoms with Gasteiger partial charge in [0.15, 0.2) is 5.60 Å². The zero-order chi connectivity index (χ0) is 18.5. The summed E-state index contributed by atoms with van der Waals surface area (Å²) in [6.07, 6.45) is 0. The Morgan fingerprint density at radius 1 is 1.12 bits per heavy atom. The molecule has 0 bridgehead atoms. The summed E-state index contributed by atoms with van der Waals surface area (Å²) in [6, 6.07) is 13.4.